The van der Waals surface area contributed by atoms with Crippen molar-refractivity contribution in [2.45, 2.75) is 23.9 Å². The number of anilines is 1. The SMILES string of the molecule is CC(Sc1nncn1C)c1cccc(N2Cc3ccccc3C2=O)c1. The molecule has 6 heteroatoms. The van der Waals surface area contributed by atoms with Gasteiger partial charge >= 0.3 is 0 Å². The lowest BCUT2D eigenvalue weighted by molar-refractivity contribution is 0.0996. The Kier molecular flexibility index (Phi) is 4.05. The van der Waals surface area contributed by atoms with Crippen molar-refractivity contribution in [2.24, 2.45) is 7.05 Å². The van der Waals surface area contributed by atoms with Crippen LogP contribution in [0.4, 0.5) is 5.69 Å². The zero-order valence-corrected chi connectivity index (χ0v) is 14.9. The lowest BCUT2D eigenvalue weighted by Gasteiger charge is -2.18. The van der Waals surface area contributed by atoms with Gasteiger partial charge in [0.2, 0.25) is 0 Å². The van der Waals surface area contributed by atoms with Gasteiger partial charge in [-0.05, 0) is 36.2 Å². The van der Waals surface area contributed by atoms with Crippen LogP contribution in [-0.4, -0.2) is 20.7 Å². The van der Waals surface area contributed by atoms with E-state index >= 15 is 0 Å². The monoisotopic (exact) mass is 350 g/mol. The zero-order valence-electron chi connectivity index (χ0n) is 14.1. The van der Waals surface area contributed by atoms with E-state index in [0.717, 1.165) is 27.5 Å². The van der Waals surface area contributed by atoms with Crippen molar-refractivity contribution in [3.8, 4) is 0 Å². The van der Waals surface area contributed by atoms with Gasteiger partial charge in [-0.25, -0.2) is 0 Å². The molecular weight excluding hydrogens is 332 g/mol. The molecule has 25 heavy (non-hydrogen) atoms. The van der Waals surface area contributed by atoms with Crippen molar-refractivity contribution in [3.63, 3.8) is 0 Å². The maximum Gasteiger partial charge on any atom is 0.258 e. The molecule has 3 aromatic rings. The minimum atomic E-state index is 0.0707. The van der Waals surface area contributed by atoms with E-state index in [1.165, 1.54) is 0 Å². The average Bonchev–Trinajstić information content (AvgIpc) is 3.19. The van der Waals surface area contributed by atoms with E-state index in [2.05, 4.69) is 29.3 Å². The summed E-state index contributed by atoms with van der Waals surface area (Å²) in [7, 11) is 1.94. The number of hydrogen-bond acceptors (Lipinski definition) is 4. The van der Waals surface area contributed by atoms with E-state index in [1.807, 2.05) is 52.9 Å². The number of aryl methyl sites for hydroxylation is 1. The van der Waals surface area contributed by atoms with E-state index in [0.29, 0.717) is 6.54 Å². The number of carbonyl (C=O) groups is 1. The Morgan fingerprint density at radius 3 is 2.76 bits per heavy atom. The second-order valence-electron chi connectivity index (χ2n) is 6.13. The fourth-order valence-corrected chi connectivity index (χ4v) is 3.92. The van der Waals surface area contributed by atoms with Crippen molar-refractivity contribution in [2.75, 3.05) is 4.90 Å². The first-order chi connectivity index (χ1) is 12.1. The van der Waals surface area contributed by atoms with Crippen molar-refractivity contribution in [3.05, 3.63) is 71.5 Å². The van der Waals surface area contributed by atoms with Crippen LogP contribution in [0.1, 0.15) is 33.7 Å². The molecule has 2 aromatic carbocycles. The topological polar surface area (TPSA) is 51.0 Å². The van der Waals surface area contributed by atoms with Crippen molar-refractivity contribution < 1.29 is 4.79 Å². The summed E-state index contributed by atoms with van der Waals surface area (Å²) < 4.78 is 1.91. The predicted molar refractivity (Wildman–Crippen MR) is 98.7 cm³/mol. The molecular formula is C19H18N4OS. The molecule has 0 spiro atoms. The van der Waals surface area contributed by atoms with Gasteiger partial charge in [0.05, 0.1) is 6.54 Å². The number of fused-ring (bicyclic) bond motifs is 1. The Morgan fingerprint density at radius 2 is 2.00 bits per heavy atom. The molecule has 2 heterocycles. The fourth-order valence-electron chi connectivity index (χ4n) is 3.01. The molecule has 0 aliphatic carbocycles. The number of rotatable bonds is 4. The van der Waals surface area contributed by atoms with Gasteiger partial charge in [0.25, 0.3) is 5.91 Å². The van der Waals surface area contributed by atoms with E-state index in [-0.39, 0.29) is 11.2 Å². The highest BCUT2D eigenvalue weighted by molar-refractivity contribution is 7.99. The first kappa shape index (κ1) is 15.9. The highest BCUT2D eigenvalue weighted by Crippen LogP contribution is 2.36. The summed E-state index contributed by atoms with van der Waals surface area (Å²) in [4.78, 5) is 14.5. The van der Waals surface area contributed by atoms with Gasteiger partial charge in [0.1, 0.15) is 6.33 Å². The van der Waals surface area contributed by atoms with Crippen LogP contribution in [0, 0.1) is 0 Å². The largest absolute Gasteiger partial charge is 0.312 e. The third-order valence-electron chi connectivity index (χ3n) is 4.42. The third kappa shape index (κ3) is 2.93. The highest BCUT2D eigenvalue weighted by Gasteiger charge is 2.28. The highest BCUT2D eigenvalue weighted by atomic mass is 32.2. The van der Waals surface area contributed by atoms with E-state index in [9.17, 15) is 4.79 Å². The summed E-state index contributed by atoms with van der Waals surface area (Å²) in [5, 5.41) is 9.14. The van der Waals surface area contributed by atoms with E-state index < -0.39 is 0 Å². The van der Waals surface area contributed by atoms with Crippen LogP contribution in [-0.2, 0) is 13.6 Å². The lowest BCUT2D eigenvalue weighted by atomic mass is 10.1. The number of thioether (sulfide) groups is 1. The van der Waals surface area contributed by atoms with Crippen molar-refractivity contribution in [1.29, 1.82) is 0 Å². The maximum absolute atomic E-state index is 12.7. The van der Waals surface area contributed by atoms with Crippen LogP contribution in [0.3, 0.4) is 0 Å². The number of benzene rings is 2. The average molecular weight is 350 g/mol. The van der Waals surface area contributed by atoms with Crippen LogP contribution in [0.15, 0.2) is 60.0 Å². The molecule has 4 rings (SSSR count). The fraction of sp³-hybridized carbons (Fsp3) is 0.211. The van der Waals surface area contributed by atoms with E-state index in [4.69, 9.17) is 0 Å². The van der Waals surface area contributed by atoms with Crippen LogP contribution in [0.5, 0.6) is 0 Å². The number of aromatic nitrogens is 3. The standard InChI is InChI=1S/C19H18N4OS/c1-13(25-19-21-20-12-22(19)2)14-7-5-8-16(10-14)23-11-15-6-3-4-9-17(15)18(23)24/h3-10,12-13H,11H2,1-2H3. The van der Waals surface area contributed by atoms with Crippen molar-refractivity contribution in [1.82, 2.24) is 14.8 Å². The summed E-state index contributed by atoms with van der Waals surface area (Å²) in [6.07, 6.45) is 1.70. The van der Waals surface area contributed by atoms with Crippen LogP contribution >= 0.6 is 11.8 Å². The summed E-state index contributed by atoms with van der Waals surface area (Å²) in [5.74, 6) is 0.0707. The minimum absolute atomic E-state index is 0.0707. The molecule has 1 unspecified atom stereocenters. The van der Waals surface area contributed by atoms with Crippen LogP contribution in [0.25, 0.3) is 0 Å². The van der Waals surface area contributed by atoms with Gasteiger partial charge in [0, 0.05) is 23.5 Å². The van der Waals surface area contributed by atoms with Gasteiger partial charge in [-0.1, -0.05) is 42.1 Å². The zero-order chi connectivity index (χ0) is 17.4. The second-order valence-corrected chi connectivity index (χ2v) is 7.44. The molecule has 5 nitrogen and oxygen atoms in total. The summed E-state index contributed by atoms with van der Waals surface area (Å²) in [6.45, 7) is 2.77. The molecule has 0 saturated carbocycles. The Labute approximate surface area is 150 Å². The summed E-state index contributed by atoms with van der Waals surface area (Å²) >= 11 is 1.66. The molecule has 1 aromatic heterocycles. The van der Waals surface area contributed by atoms with E-state index in [1.54, 1.807) is 18.1 Å². The Balaban J connectivity index is 1.58. The molecule has 126 valence electrons. The quantitative estimate of drug-likeness (QED) is 0.671. The normalized spacial score (nSPS) is 14.6. The lowest BCUT2D eigenvalue weighted by Crippen LogP contribution is -2.23. The molecule has 1 amide bonds. The van der Waals surface area contributed by atoms with Gasteiger partial charge < -0.3 is 9.47 Å². The predicted octanol–water partition coefficient (Wildman–Crippen LogP) is 3.83. The van der Waals surface area contributed by atoms with Crippen molar-refractivity contribution >= 4 is 23.4 Å². The first-order valence-corrected chi connectivity index (χ1v) is 9.02. The molecule has 0 saturated heterocycles. The maximum atomic E-state index is 12.7. The molecule has 1 atom stereocenters. The molecule has 1 aliphatic heterocycles. The number of hydrogen-bond donors (Lipinski definition) is 0. The second kappa shape index (κ2) is 6.37. The summed E-state index contributed by atoms with van der Waals surface area (Å²) in [5.41, 5.74) is 3.98. The molecule has 0 N–H and O–H groups in total. The number of amides is 1. The third-order valence-corrected chi connectivity index (χ3v) is 5.63. The smallest absolute Gasteiger partial charge is 0.258 e. The molecule has 0 fully saturated rings. The minimum Gasteiger partial charge on any atom is -0.312 e. The van der Waals surface area contributed by atoms with Gasteiger partial charge in [-0.2, -0.15) is 0 Å². The van der Waals surface area contributed by atoms with Gasteiger partial charge in [-0.3, -0.25) is 4.79 Å². The van der Waals surface area contributed by atoms with Crippen LogP contribution < -0.4 is 4.90 Å². The number of carbonyl (C=O) groups excluding carboxylic acids is 1. The molecule has 0 radical (unpaired) electrons. The molecule has 0 bridgehead atoms. The van der Waals surface area contributed by atoms with Gasteiger partial charge in [0.15, 0.2) is 5.16 Å². The summed E-state index contributed by atoms with van der Waals surface area (Å²) in [6, 6.07) is 16.0. The molecule has 1 aliphatic rings. The Morgan fingerprint density at radius 1 is 1.16 bits per heavy atom. The Bertz CT molecular complexity index is 936. The Hall–Kier alpha value is -2.60. The van der Waals surface area contributed by atoms with Crippen LogP contribution in [0.2, 0.25) is 0 Å². The van der Waals surface area contributed by atoms with Gasteiger partial charge in [-0.15, -0.1) is 10.2 Å². The first-order valence-electron chi connectivity index (χ1n) is 8.14. The number of nitrogens with zero attached hydrogens (tertiary/aromatic N) is 4.